The number of rotatable bonds is 5. The zero-order chi connectivity index (χ0) is 11.1. The molecule has 0 unspecified atom stereocenters. The molecule has 0 aromatic heterocycles. The predicted molar refractivity (Wildman–Crippen MR) is 60.7 cm³/mol. The van der Waals surface area contributed by atoms with Gasteiger partial charge in [-0.2, -0.15) is 0 Å². The Hall–Kier alpha value is -1.57. The molecule has 0 spiro atoms. The first-order valence-electron chi connectivity index (χ1n) is 5.14. The first-order chi connectivity index (χ1) is 7.27. The van der Waals surface area contributed by atoms with E-state index in [9.17, 15) is 4.79 Å². The lowest BCUT2D eigenvalue weighted by atomic mass is 10.0. The standard InChI is InChI=1S/C13H16O2/c1-3-11-7-5-6-8-12(11)9-10-15-13(14)4-2/h4-8H,2-3,9-10H2,1H3. The van der Waals surface area contributed by atoms with Crippen molar-refractivity contribution in [2.75, 3.05) is 6.61 Å². The van der Waals surface area contributed by atoms with E-state index in [2.05, 4.69) is 25.6 Å². The van der Waals surface area contributed by atoms with Crippen LogP contribution in [0.1, 0.15) is 18.1 Å². The second-order valence-electron chi connectivity index (χ2n) is 3.24. The molecule has 0 amide bonds. The summed E-state index contributed by atoms with van der Waals surface area (Å²) < 4.78 is 4.94. The van der Waals surface area contributed by atoms with Crippen LogP contribution in [0, 0.1) is 0 Å². The fraction of sp³-hybridized carbons (Fsp3) is 0.308. The van der Waals surface area contributed by atoms with Gasteiger partial charge in [-0.05, 0) is 17.5 Å². The van der Waals surface area contributed by atoms with Crippen molar-refractivity contribution in [1.29, 1.82) is 0 Å². The highest BCUT2D eigenvalue weighted by Crippen LogP contribution is 2.10. The maximum absolute atomic E-state index is 10.8. The van der Waals surface area contributed by atoms with Crippen LogP contribution in [0.5, 0.6) is 0 Å². The second kappa shape index (κ2) is 6.02. The van der Waals surface area contributed by atoms with Crippen LogP contribution in [-0.4, -0.2) is 12.6 Å². The maximum Gasteiger partial charge on any atom is 0.330 e. The molecule has 0 aliphatic carbocycles. The van der Waals surface area contributed by atoms with Gasteiger partial charge in [0.25, 0.3) is 0 Å². The highest BCUT2D eigenvalue weighted by Gasteiger charge is 2.01. The van der Waals surface area contributed by atoms with Crippen molar-refractivity contribution in [1.82, 2.24) is 0 Å². The van der Waals surface area contributed by atoms with Crippen LogP contribution in [0.15, 0.2) is 36.9 Å². The summed E-state index contributed by atoms with van der Waals surface area (Å²) in [5.41, 5.74) is 2.56. The van der Waals surface area contributed by atoms with Crippen LogP contribution in [0.3, 0.4) is 0 Å². The summed E-state index contributed by atoms with van der Waals surface area (Å²) in [5.74, 6) is -0.357. The summed E-state index contributed by atoms with van der Waals surface area (Å²) in [6.07, 6.45) is 2.96. The van der Waals surface area contributed by atoms with Crippen LogP contribution in [0.4, 0.5) is 0 Å². The average molecular weight is 204 g/mol. The minimum Gasteiger partial charge on any atom is -0.462 e. The summed E-state index contributed by atoms with van der Waals surface area (Å²) in [5, 5.41) is 0. The van der Waals surface area contributed by atoms with E-state index >= 15 is 0 Å². The molecule has 1 aromatic rings. The minimum atomic E-state index is -0.357. The van der Waals surface area contributed by atoms with Crippen molar-refractivity contribution in [3.63, 3.8) is 0 Å². The third kappa shape index (κ3) is 3.58. The van der Waals surface area contributed by atoms with Crippen LogP contribution >= 0.6 is 0 Å². The first kappa shape index (κ1) is 11.5. The topological polar surface area (TPSA) is 26.3 Å². The molecule has 2 nitrogen and oxygen atoms in total. The Morgan fingerprint density at radius 1 is 1.40 bits per heavy atom. The van der Waals surface area contributed by atoms with Gasteiger partial charge in [-0.25, -0.2) is 4.79 Å². The third-order valence-corrected chi connectivity index (χ3v) is 2.28. The molecule has 15 heavy (non-hydrogen) atoms. The van der Waals surface area contributed by atoms with Crippen LogP contribution in [0.25, 0.3) is 0 Å². The lowest BCUT2D eigenvalue weighted by Gasteiger charge is -2.07. The molecule has 2 heteroatoms. The molecule has 80 valence electrons. The van der Waals surface area contributed by atoms with E-state index in [0.717, 1.165) is 12.8 Å². The van der Waals surface area contributed by atoms with E-state index in [-0.39, 0.29) is 5.97 Å². The number of aryl methyl sites for hydroxylation is 1. The SMILES string of the molecule is C=CC(=O)OCCc1ccccc1CC. The first-order valence-corrected chi connectivity index (χ1v) is 5.14. The Bertz CT molecular complexity index is 342. The average Bonchev–Trinajstić information content (AvgIpc) is 2.29. The van der Waals surface area contributed by atoms with Gasteiger partial charge in [0.15, 0.2) is 0 Å². The van der Waals surface area contributed by atoms with E-state index in [4.69, 9.17) is 4.74 Å². The normalized spacial score (nSPS) is 9.67. The number of carbonyl (C=O) groups excluding carboxylic acids is 1. The second-order valence-corrected chi connectivity index (χ2v) is 3.24. The fourth-order valence-corrected chi connectivity index (χ4v) is 1.47. The molecule has 0 saturated heterocycles. The summed E-state index contributed by atoms with van der Waals surface area (Å²) >= 11 is 0. The molecule has 0 bridgehead atoms. The lowest BCUT2D eigenvalue weighted by molar-refractivity contribution is -0.137. The molecule has 1 aromatic carbocycles. The monoisotopic (exact) mass is 204 g/mol. The Balaban J connectivity index is 2.49. The number of ether oxygens (including phenoxy) is 1. The molecule has 0 heterocycles. The largest absolute Gasteiger partial charge is 0.462 e. The van der Waals surface area contributed by atoms with Gasteiger partial charge in [0.1, 0.15) is 0 Å². The molecule has 0 fully saturated rings. The number of hydrogen-bond donors (Lipinski definition) is 0. The summed E-state index contributed by atoms with van der Waals surface area (Å²) in [4.78, 5) is 10.8. The third-order valence-electron chi connectivity index (χ3n) is 2.28. The number of hydrogen-bond acceptors (Lipinski definition) is 2. The number of carbonyl (C=O) groups is 1. The summed E-state index contributed by atoms with van der Waals surface area (Å²) in [7, 11) is 0. The molecule has 0 aliphatic heterocycles. The zero-order valence-electron chi connectivity index (χ0n) is 9.03. The van der Waals surface area contributed by atoms with Gasteiger partial charge in [-0.3, -0.25) is 0 Å². The van der Waals surface area contributed by atoms with E-state index < -0.39 is 0 Å². The van der Waals surface area contributed by atoms with Gasteiger partial charge in [-0.1, -0.05) is 37.8 Å². The van der Waals surface area contributed by atoms with Gasteiger partial charge in [0.2, 0.25) is 0 Å². The lowest BCUT2D eigenvalue weighted by Crippen LogP contribution is -2.05. The van der Waals surface area contributed by atoms with Crippen LogP contribution in [0.2, 0.25) is 0 Å². The Labute approximate surface area is 90.6 Å². The Morgan fingerprint density at radius 3 is 2.67 bits per heavy atom. The quantitative estimate of drug-likeness (QED) is 0.544. The molecule has 0 aliphatic rings. The van der Waals surface area contributed by atoms with Gasteiger partial charge < -0.3 is 4.74 Å². The van der Waals surface area contributed by atoms with Crippen LogP contribution < -0.4 is 0 Å². The van der Waals surface area contributed by atoms with Gasteiger partial charge in [-0.15, -0.1) is 0 Å². The molecular weight excluding hydrogens is 188 g/mol. The van der Waals surface area contributed by atoms with Crippen LogP contribution in [-0.2, 0) is 22.4 Å². The summed E-state index contributed by atoms with van der Waals surface area (Å²) in [6.45, 7) is 5.88. The molecule has 1 rings (SSSR count). The summed E-state index contributed by atoms with van der Waals surface area (Å²) in [6, 6.07) is 8.20. The molecule has 0 N–H and O–H groups in total. The number of benzene rings is 1. The number of esters is 1. The van der Waals surface area contributed by atoms with Gasteiger partial charge in [0.05, 0.1) is 6.61 Å². The minimum absolute atomic E-state index is 0.357. The van der Waals surface area contributed by atoms with Crippen molar-refractivity contribution in [3.8, 4) is 0 Å². The Morgan fingerprint density at radius 2 is 2.07 bits per heavy atom. The van der Waals surface area contributed by atoms with E-state index in [1.54, 1.807) is 0 Å². The van der Waals surface area contributed by atoms with E-state index in [1.165, 1.54) is 17.2 Å². The van der Waals surface area contributed by atoms with Crippen molar-refractivity contribution in [2.24, 2.45) is 0 Å². The van der Waals surface area contributed by atoms with E-state index in [1.807, 2.05) is 12.1 Å². The predicted octanol–water partition coefficient (Wildman–Crippen LogP) is 2.52. The van der Waals surface area contributed by atoms with Crippen molar-refractivity contribution in [2.45, 2.75) is 19.8 Å². The van der Waals surface area contributed by atoms with Gasteiger partial charge >= 0.3 is 5.97 Å². The molecule has 0 atom stereocenters. The van der Waals surface area contributed by atoms with Crippen molar-refractivity contribution >= 4 is 5.97 Å². The molecule has 0 saturated carbocycles. The zero-order valence-corrected chi connectivity index (χ0v) is 9.03. The molecule has 0 radical (unpaired) electrons. The highest BCUT2D eigenvalue weighted by atomic mass is 16.5. The maximum atomic E-state index is 10.8. The fourth-order valence-electron chi connectivity index (χ4n) is 1.47. The van der Waals surface area contributed by atoms with Gasteiger partial charge in [0, 0.05) is 12.5 Å². The van der Waals surface area contributed by atoms with E-state index in [0.29, 0.717) is 6.61 Å². The highest BCUT2D eigenvalue weighted by molar-refractivity contribution is 5.81. The van der Waals surface area contributed by atoms with Crippen molar-refractivity contribution in [3.05, 3.63) is 48.0 Å². The van der Waals surface area contributed by atoms with Crippen molar-refractivity contribution < 1.29 is 9.53 Å². The smallest absolute Gasteiger partial charge is 0.330 e. The molecular formula is C13H16O2. The Kier molecular flexibility index (Phi) is 4.61.